The molecule has 0 radical (unpaired) electrons. The molecule has 0 bridgehead atoms. The number of para-hydroxylation sites is 1. The number of hydrogen-bond donors (Lipinski definition) is 3. The Labute approximate surface area is 121 Å². The van der Waals surface area contributed by atoms with Crippen molar-refractivity contribution in [3.05, 3.63) is 59.7 Å². The van der Waals surface area contributed by atoms with Crippen molar-refractivity contribution in [2.24, 2.45) is 0 Å². The summed E-state index contributed by atoms with van der Waals surface area (Å²) in [5, 5.41) is 23.9. The number of hydrogen-bond acceptors (Lipinski definition) is 4. The summed E-state index contributed by atoms with van der Waals surface area (Å²) in [4.78, 5) is 11.9. The van der Waals surface area contributed by atoms with Gasteiger partial charge in [-0.1, -0.05) is 30.3 Å². The van der Waals surface area contributed by atoms with Crippen LogP contribution in [0.15, 0.2) is 48.5 Å². The largest absolute Gasteiger partial charge is 0.497 e. The lowest BCUT2D eigenvalue weighted by molar-refractivity contribution is -0.138. The van der Waals surface area contributed by atoms with E-state index in [1.54, 1.807) is 55.6 Å². The first kappa shape index (κ1) is 13.6. The molecule has 0 aromatic heterocycles. The van der Waals surface area contributed by atoms with Crippen molar-refractivity contribution in [2.45, 2.75) is 11.7 Å². The van der Waals surface area contributed by atoms with E-state index in [2.05, 4.69) is 5.32 Å². The average molecular weight is 285 g/mol. The van der Waals surface area contributed by atoms with Crippen molar-refractivity contribution in [1.82, 2.24) is 0 Å². The van der Waals surface area contributed by atoms with Gasteiger partial charge in [0.05, 0.1) is 7.11 Å². The Kier molecular flexibility index (Phi) is 3.16. The minimum absolute atomic E-state index is 0.429. The Morgan fingerprint density at radius 1 is 1.14 bits per heavy atom. The highest BCUT2D eigenvalue weighted by molar-refractivity contribution is 5.99. The smallest absolute Gasteiger partial charge is 0.256 e. The van der Waals surface area contributed by atoms with Crippen molar-refractivity contribution in [2.75, 3.05) is 12.4 Å². The van der Waals surface area contributed by atoms with E-state index < -0.39 is 17.6 Å². The Morgan fingerprint density at radius 2 is 1.81 bits per heavy atom. The molecule has 21 heavy (non-hydrogen) atoms. The van der Waals surface area contributed by atoms with Gasteiger partial charge in [-0.2, -0.15) is 0 Å². The van der Waals surface area contributed by atoms with Gasteiger partial charge in [0.2, 0.25) is 0 Å². The second kappa shape index (κ2) is 4.87. The number of fused-ring (bicyclic) bond motifs is 1. The minimum atomic E-state index is -1.79. The van der Waals surface area contributed by atoms with E-state index in [-0.39, 0.29) is 0 Å². The van der Waals surface area contributed by atoms with Crippen LogP contribution in [0.2, 0.25) is 0 Å². The Balaban J connectivity index is 2.18. The highest BCUT2D eigenvalue weighted by Crippen LogP contribution is 2.41. The molecule has 3 N–H and O–H groups in total. The third-order valence-corrected chi connectivity index (χ3v) is 3.77. The number of amides is 1. The van der Waals surface area contributed by atoms with Gasteiger partial charge in [-0.05, 0) is 23.8 Å². The summed E-state index contributed by atoms with van der Waals surface area (Å²) in [5.41, 5.74) is -0.406. The van der Waals surface area contributed by atoms with Crippen LogP contribution < -0.4 is 10.1 Å². The molecule has 0 saturated heterocycles. The van der Waals surface area contributed by atoms with Gasteiger partial charge >= 0.3 is 0 Å². The van der Waals surface area contributed by atoms with Gasteiger partial charge in [0.15, 0.2) is 11.7 Å². The van der Waals surface area contributed by atoms with E-state index in [1.165, 1.54) is 0 Å². The summed E-state index contributed by atoms with van der Waals surface area (Å²) >= 11 is 0. The number of rotatable bonds is 2. The first-order valence-corrected chi connectivity index (χ1v) is 6.52. The summed E-state index contributed by atoms with van der Waals surface area (Å²) in [7, 11) is 1.54. The summed E-state index contributed by atoms with van der Waals surface area (Å²) in [5.74, 6) is -0.00240. The van der Waals surface area contributed by atoms with Gasteiger partial charge in [0.1, 0.15) is 5.75 Å². The third kappa shape index (κ3) is 1.98. The van der Waals surface area contributed by atoms with Crippen LogP contribution in [0, 0.1) is 0 Å². The van der Waals surface area contributed by atoms with E-state index >= 15 is 0 Å². The van der Waals surface area contributed by atoms with E-state index in [0.29, 0.717) is 22.6 Å². The fourth-order valence-corrected chi connectivity index (χ4v) is 2.62. The number of benzene rings is 2. The molecular weight excluding hydrogens is 270 g/mol. The molecule has 1 aliphatic rings. The molecule has 1 heterocycles. The summed E-state index contributed by atoms with van der Waals surface area (Å²) < 4.78 is 5.08. The zero-order valence-electron chi connectivity index (χ0n) is 11.4. The maximum atomic E-state index is 11.9. The zero-order chi connectivity index (χ0) is 15.0. The highest BCUT2D eigenvalue weighted by Gasteiger charge is 2.48. The van der Waals surface area contributed by atoms with Crippen LogP contribution >= 0.6 is 0 Å². The fourth-order valence-electron chi connectivity index (χ4n) is 2.62. The monoisotopic (exact) mass is 285 g/mol. The van der Waals surface area contributed by atoms with Crippen molar-refractivity contribution >= 4 is 11.6 Å². The molecule has 0 spiro atoms. The second-order valence-corrected chi connectivity index (χ2v) is 4.93. The zero-order valence-corrected chi connectivity index (χ0v) is 11.4. The standard InChI is InChI=1S/C16H15NO4/c1-21-11-8-6-10(7-9-11)16(20)12-4-2-3-5-13(12)17-15(19)14(16)18/h2-9,14,18,20H,1H3,(H,17,19)/t14-,16+/m1/s1. The van der Waals surface area contributed by atoms with Gasteiger partial charge in [-0.3, -0.25) is 4.79 Å². The molecular formula is C16H15NO4. The number of anilines is 1. The molecule has 0 saturated carbocycles. The van der Waals surface area contributed by atoms with Crippen molar-refractivity contribution < 1.29 is 19.7 Å². The van der Waals surface area contributed by atoms with Crippen LogP contribution in [0.3, 0.4) is 0 Å². The topological polar surface area (TPSA) is 78.8 Å². The number of nitrogens with one attached hydrogen (secondary N) is 1. The minimum Gasteiger partial charge on any atom is -0.497 e. The number of ether oxygens (including phenoxy) is 1. The normalized spacial score (nSPS) is 24.1. The highest BCUT2D eigenvalue weighted by atomic mass is 16.5. The van der Waals surface area contributed by atoms with Gasteiger partial charge in [0, 0.05) is 11.3 Å². The Hall–Kier alpha value is -2.37. The molecule has 2 aromatic carbocycles. The lowest BCUT2D eigenvalue weighted by atomic mass is 9.78. The Morgan fingerprint density at radius 3 is 2.48 bits per heavy atom. The lowest BCUT2D eigenvalue weighted by Gasteiger charge is -2.38. The van der Waals surface area contributed by atoms with Crippen molar-refractivity contribution in [3.63, 3.8) is 0 Å². The molecule has 2 atom stereocenters. The van der Waals surface area contributed by atoms with Crippen LogP contribution in [0.5, 0.6) is 5.75 Å². The number of aliphatic hydroxyl groups is 2. The average Bonchev–Trinajstić information content (AvgIpc) is 2.53. The summed E-state index contributed by atoms with van der Waals surface area (Å²) in [6.07, 6.45) is -1.58. The maximum Gasteiger partial charge on any atom is 0.256 e. The quantitative estimate of drug-likeness (QED) is 0.776. The molecule has 1 amide bonds. The summed E-state index contributed by atoms with van der Waals surface area (Å²) in [6.45, 7) is 0. The van der Waals surface area contributed by atoms with Crippen molar-refractivity contribution in [3.8, 4) is 5.75 Å². The van der Waals surface area contributed by atoms with E-state index in [9.17, 15) is 15.0 Å². The molecule has 108 valence electrons. The number of carbonyl (C=O) groups is 1. The van der Waals surface area contributed by atoms with Crippen LogP contribution in [0.4, 0.5) is 5.69 Å². The van der Waals surface area contributed by atoms with Gasteiger partial charge in [-0.25, -0.2) is 0 Å². The second-order valence-electron chi connectivity index (χ2n) is 4.93. The Bertz CT molecular complexity index is 683. The van der Waals surface area contributed by atoms with Gasteiger partial charge < -0.3 is 20.3 Å². The number of carbonyl (C=O) groups excluding carboxylic acids is 1. The molecule has 0 fully saturated rings. The van der Waals surface area contributed by atoms with Crippen LogP contribution in [-0.2, 0) is 10.4 Å². The van der Waals surface area contributed by atoms with E-state index in [1.807, 2.05) is 0 Å². The molecule has 0 unspecified atom stereocenters. The number of methoxy groups -OCH3 is 1. The van der Waals surface area contributed by atoms with Crippen LogP contribution in [0.1, 0.15) is 11.1 Å². The predicted octanol–water partition coefficient (Wildman–Crippen LogP) is 1.24. The van der Waals surface area contributed by atoms with E-state index in [4.69, 9.17) is 4.74 Å². The van der Waals surface area contributed by atoms with Gasteiger partial charge in [-0.15, -0.1) is 0 Å². The van der Waals surface area contributed by atoms with Crippen LogP contribution in [0.25, 0.3) is 0 Å². The van der Waals surface area contributed by atoms with E-state index in [0.717, 1.165) is 0 Å². The molecule has 1 aliphatic heterocycles. The molecule has 3 rings (SSSR count). The fraction of sp³-hybridized carbons (Fsp3) is 0.188. The molecule has 2 aromatic rings. The maximum absolute atomic E-state index is 11.9. The SMILES string of the molecule is COc1ccc([C@]2(O)c3ccccc3NC(=O)[C@H]2O)cc1. The summed E-state index contributed by atoms with van der Waals surface area (Å²) in [6, 6.07) is 13.5. The first-order valence-electron chi connectivity index (χ1n) is 6.52. The first-order chi connectivity index (χ1) is 10.1. The lowest BCUT2D eigenvalue weighted by Crippen LogP contribution is -2.51. The predicted molar refractivity (Wildman–Crippen MR) is 77.1 cm³/mol. The molecule has 5 heteroatoms. The van der Waals surface area contributed by atoms with Gasteiger partial charge in [0.25, 0.3) is 5.91 Å². The molecule has 5 nitrogen and oxygen atoms in total. The molecule has 0 aliphatic carbocycles. The number of aliphatic hydroxyl groups excluding tert-OH is 1. The van der Waals surface area contributed by atoms with Crippen molar-refractivity contribution in [1.29, 1.82) is 0 Å². The van der Waals surface area contributed by atoms with Crippen LogP contribution in [-0.4, -0.2) is 29.3 Å². The third-order valence-electron chi connectivity index (χ3n) is 3.77.